The molecule has 0 saturated carbocycles. The lowest BCUT2D eigenvalue weighted by molar-refractivity contribution is 0.109. The van der Waals surface area contributed by atoms with Gasteiger partial charge in [-0.2, -0.15) is 0 Å². The van der Waals surface area contributed by atoms with Crippen molar-refractivity contribution in [1.82, 2.24) is 14.8 Å². The first-order chi connectivity index (χ1) is 6.81. The summed E-state index contributed by atoms with van der Waals surface area (Å²) in [6.07, 6.45) is 3.56. The van der Waals surface area contributed by atoms with Crippen molar-refractivity contribution in [3.05, 3.63) is 11.6 Å². The van der Waals surface area contributed by atoms with E-state index in [1.54, 1.807) is 0 Å². The van der Waals surface area contributed by atoms with Crippen LogP contribution in [0.4, 0.5) is 0 Å². The highest BCUT2D eigenvalue weighted by Gasteiger charge is 2.19. The minimum absolute atomic E-state index is 0.348. The molecule has 0 radical (unpaired) electrons. The maximum Gasteiger partial charge on any atom is 0.143 e. The van der Waals surface area contributed by atoms with E-state index >= 15 is 0 Å². The van der Waals surface area contributed by atoms with Crippen LogP contribution in [0.15, 0.2) is 0 Å². The second-order valence-corrected chi connectivity index (χ2v) is 4.12. The van der Waals surface area contributed by atoms with Gasteiger partial charge in [0.15, 0.2) is 0 Å². The average molecular weight is 260 g/mol. The summed E-state index contributed by atoms with van der Waals surface area (Å²) >= 11 is 3.38. The van der Waals surface area contributed by atoms with Crippen molar-refractivity contribution in [3.8, 4) is 0 Å². The summed E-state index contributed by atoms with van der Waals surface area (Å²) in [5, 5.41) is 8.99. The molecule has 0 N–H and O–H groups in total. The first-order valence-corrected chi connectivity index (χ1v) is 5.98. The van der Waals surface area contributed by atoms with E-state index in [4.69, 9.17) is 4.74 Å². The first-order valence-electron chi connectivity index (χ1n) is 4.86. The molecular weight excluding hydrogens is 246 g/mol. The molecule has 1 unspecified atom stereocenters. The monoisotopic (exact) mass is 259 g/mol. The van der Waals surface area contributed by atoms with E-state index in [9.17, 15) is 0 Å². The third-order valence-corrected chi connectivity index (χ3v) is 3.11. The molecule has 1 aliphatic rings. The standard InChI is InChI=1S/C9H14BrN3O/c1-13-8(11-12-9(13)6-10)5-7-3-2-4-14-7/h7H,2-6H2,1H3. The Hall–Kier alpha value is -0.420. The molecule has 14 heavy (non-hydrogen) atoms. The van der Waals surface area contributed by atoms with Crippen LogP contribution in [0, 0.1) is 0 Å². The van der Waals surface area contributed by atoms with Crippen LogP contribution in [-0.4, -0.2) is 27.5 Å². The average Bonchev–Trinajstić information content (AvgIpc) is 2.79. The lowest BCUT2D eigenvalue weighted by Gasteiger charge is -2.08. The van der Waals surface area contributed by atoms with Crippen molar-refractivity contribution in [1.29, 1.82) is 0 Å². The minimum Gasteiger partial charge on any atom is -0.378 e. The highest BCUT2D eigenvalue weighted by atomic mass is 79.9. The second-order valence-electron chi connectivity index (χ2n) is 3.56. The highest BCUT2D eigenvalue weighted by molar-refractivity contribution is 9.08. The maximum absolute atomic E-state index is 5.56. The van der Waals surface area contributed by atoms with Crippen LogP contribution in [0.5, 0.6) is 0 Å². The maximum atomic E-state index is 5.56. The van der Waals surface area contributed by atoms with E-state index < -0.39 is 0 Å². The zero-order valence-electron chi connectivity index (χ0n) is 8.24. The zero-order chi connectivity index (χ0) is 9.97. The number of hydrogen-bond donors (Lipinski definition) is 0. The number of hydrogen-bond acceptors (Lipinski definition) is 3. The molecule has 2 rings (SSSR count). The molecular formula is C9H14BrN3O. The summed E-state index contributed by atoms with van der Waals surface area (Å²) < 4.78 is 7.60. The molecule has 0 aliphatic carbocycles. The van der Waals surface area contributed by atoms with Crippen molar-refractivity contribution in [2.45, 2.75) is 30.7 Å². The normalized spacial score (nSPS) is 21.7. The number of ether oxygens (including phenoxy) is 1. The molecule has 1 saturated heterocycles. The van der Waals surface area contributed by atoms with Gasteiger partial charge in [-0.3, -0.25) is 0 Å². The van der Waals surface area contributed by atoms with E-state index in [-0.39, 0.29) is 0 Å². The van der Waals surface area contributed by atoms with Crippen LogP contribution in [0.3, 0.4) is 0 Å². The van der Waals surface area contributed by atoms with Gasteiger partial charge < -0.3 is 9.30 Å². The third kappa shape index (κ3) is 1.98. The van der Waals surface area contributed by atoms with E-state index in [0.717, 1.165) is 36.4 Å². The molecule has 1 atom stereocenters. The number of rotatable bonds is 3. The van der Waals surface area contributed by atoms with Gasteiger partial charge in [0.2, 0.25) is 0 Å². The summed E-state index contributed by atoms with van der Waals surface area (Å²) in [5.41, 5.74) is 0. The Morgan fingerprint density at radius 3 is 2.86 bits per heavy atom. The molecule has 0 spiro atoms. The molecule has 5 heteroatoms. The smallest absolute Gasteiger partial charge is 0.143 e. The Morgan fingerprint density at radius 2 is 2.29 bits per heavy atom. The third-order valence-electron chi connectivity index (χ3n) is 2.61. The quantitative estimate of drug-likeness (QED) is 0.772. The Morgan fingerprint density at radius 1 is 1.50 bits per heavy atom. The number of halogens is 1. The first kappa shape index (κ1) is 10.1. The molecule has 1 aromatic heterocycles. The van der Waals surface area contributed by atoms with Crippen LogP contribution in [0.2, 0.25) is 0 Å². The Bertz CT molecular complexity index is 307. The van der Waals surface area contributed by atoms with Gasteiger partial charge >= 0.3 is 0 Å². The van der Waals surface area contributed by atoms with Gasteiger partial charge in [-0.05, 0) is 12.8 Å². The predicted octanol–water partition coefficient (Wildman–Crippen LogP) is 1.43. The molecule has 0 bridgehead atoms. The Balaban J connectivity index is 2.04. The van der Waals surface area contributed by atoms with Crippen LogP contribution in [0.25, 0.3) is 0 Å². The van der Waals surface area contributed by atoms with Crippen molar-refractivity contribution in [2.75, 3.05) is 6.61 Å². The highest BCUT2D eigenvalue weighted by Crippen LogP contribution is 2.16. The van der Waals surface area contributed by atoms with Gasteiger partial charge in [-0.15, -0.1) is 10.2 Å². The van der Waals surface area contributed by atoms with Gasteiger partial charge in [0.05, 0.1) is 11.4 Å². The van der Waals surface area contributed by atoms with E-state index in [0.29, 0.717) is 6.10 Å². The van der Waals surface area contributed by atoms with Crippen molar-refractivity contribution in [2.24, 2.45) is 7.05 Å². The molecule has 2 heterocycles. The molecule has 4 nitrogen and oxygen atoms in total. The van der Waals surface area contributed by atoms with Gasteiger partial charge in [0.1, 0.15) is 11.6 Å². The number of aromatic nitrogens is 3. The fraction of sp³-hybridized carbons (Fsp3) is 0.778. The lowest BCUT2D eigenvalue weighted by atomic mass is 10.2. The van der Waals surface area contributed by atoms with Crippen LogP contribution in [-0.2, 0) is 23.5 Å². The zero-order valence-corrected chi connectivity index (χ0v) is 9.83. The number of nitrogens with zero attached hydrogens (tertiary/aromatic N) is 3. The minimum atomic E-state index is 0.348. The number of alkyl halides is 1. The van der Waals surface area contributed by atoms with Gasteiger partial charge in [0.25, 0.3) is 0 Å². The van der Waals surface area contributed by atoms with Crippen LogP contribution in [0.1, 0.15) is 24.5 Å². The fourth-order valence-corrected chi connectivity index (χ4v) is 2.19. The topological polar surface area (TPSA) is 39.9 Å². The molecule has 1 fully saturated rings. The summed E-state index contributed by atoms with van der Waals surface area (Å²) in [6, 6.07) is 0. The molecule has 0 amide bonds. The van der Waals surface area contributed by atoms with Crippen molar-refractivity contribution >= 4 is 15.9 Å². The van der Waals surface area contributed by atoms with Crippen molar-refractivity contribution < 1.29 is 4.74 Å². The van der Waals surface area contributed by atoms with Gasteiger partial charge in [0, 0.05) is 20.1 Å². The van der Waals surface area contributed by atoms with Gasteiger partial charge in [-0.25, -0.2) is 0 Å². The molecule has 0 aromatic carbocycles. The summed E-state index contributed by atoms with van der Waals surface area (Å²) in [5.74, 6) is 1.99. The second kappa shape index (κ2) is 4.40. The fourth-order valence-electron chi connectivity index (χ4n) is 1.70. The molecule has 1 aliphatic heterocycles. The summed E-state index contributed by atoms with van der Waals surface area (Å²) in [6.45, 7) is 0.897. The Kier molecular flexibility index (Phi) is 3.18. The lowest BCUT2D eigenvalue weighted by Crippen LogP contribution is -2.13. The summed E-state index contributed by atoms with van der Waals surface area (Å²) in [7, 11) is 2.00. The van der Waals surface area contributed by atoms with Crippen molar-refractivity contribution in [3.63, 3.8) is 0 Å². The SMILES string of the molecule is Cn1c(CBr)nnc1CC1CCCO1. The van der Waals surface area contributed by atoms with Crippen LogP contribution < -0.4 is 0 Å². The van der Waals surface area contributed by atoms with Gasteiger partial charge in [-0.1, -0.05) is 15.9 Å². The predicted molar refractivity (Wildman–Crippen MR) is 56.3 cm³/mol. The molecule has 1 aromatic rings. The van der Waals surface area contributed by atoms with E-state index in [1.165, 1.54) is 6.42 Å². The van der Waals surface area contributed by atoms with Crippen LogP contribution >= 0.6 is 15.9 Å². The Labute approximate surface area is 91.8 Å². The molecule has 78 valence electrons. The largest absolute Gasteiger partial charge is 0.378 e. The van der Waals surface area contributed by atoms with E-state index in [2.05, 4.69) is 26.1 Å². The summed E-state index contributed by atoms with van der Waals surface area (Å²) in [4.78, 5) is 0. The van der Waals surface area contributed by atoms with E-state index in [1.807, 2.05) is 11.6 Å².